The quantitative estimate of drug-likeness (QED) is 0.821. The van der Waals surface area contributed by atoms with Crippen LogP contribution in [0.5, 0.6) is 0 Å². The zero-order chi connectivity index (χ0) is 14.8. The van der Waals surface area contributed by atoms with E-state index in [9.17, 15) is 10.1 Å². The van der Waals surface area contributed by atoms with Crippen LogP contribution in [-0.4, -0.2) is 18.5 Å². The molecule has 1 aromatic rings. The lowest BCUT2D eigenvalue weighted by atomic mass is 9.74. The maximum atomic E-state index is 12.4. The predicted molar refractivity (Wildman–Crippen MR) is 78.0 cm³/mol. The average Bonchev–Trinajstić information content (AvgIpc) is 2.37. The van der Waals surface area contributed by atoms with Gasteiger partial charge in [-0.25, -0.2) is 0 Å². The number of methoxy groups -OCH3 is 1. The van der Waals surface area contributed by atoms with Crippen LogP contribution in [0.3, 0.4) is 0 Å². The Labute approximate surface area is 128 Å². The fraction of sp³-hybridized carbons (Fsp3) is 0.467. The molecule has 0 radical (unpaired) electrons. The van der Waals surface area contributed by atoms with Crippen molar-refractivity contribution in [2.45, 2.75) is 37.2 Å². The second-order valence-corrected chi connectivity index (χ2v) is 5.96. The van der Waals surface area contributed by atoms with Crippen LogP contribution in [0.1, 0.15) is 37.2 Å². The number of benzene rings is 1. The van der Waals surface area contributed by atoms with Gasteiger partial charge in [-0.3, -0.25) is 4.79 Å². The van der Waals surface area contributed by atoms with Gasteiger partial charge in [0.1, 0.15) is 5.92 Å². The van der Waals surface area contributed by atoms with Gasteiger partial charge in [-0.1, -0.05) is 29.3 Å². The summed E-state index contributed by atoms with van der Waals surface area (Å²) in [4.78, 5) is 12.4. The van der Waals surface area contributed by atoms with Crippen LogP contribution in [0.25, 0.3) is 0 Å². The predicted octanol–water partition coefficient (Wildman–Crippen LogP) is 4.13. The van der Waals surface area contributed by atoms with Crippen molar-refractivity contribution in [3.8, 4) is 6.07 Å². The van der Waals surface area contributed by atoms with Crippen LogP contribution < -0.4 is 0 Å². The first-order valence-corrected chi connectivity index (χ1v) is 7.19. The number of ketones is 1. The van der Waals surface area contributed by atoms with Crippen molar-refractivity contribution < 1.29 is 9.53 Å². The van der Waals surface area contributed by atoms with Crippen molar-refractivity contribution in [2.24, 2.45) is 0 Å². The van der Waals surface area contributed by atoms with Gasteiger partial charge < -0.3 is 4.74 Å². The van der Waals surface area contributed by atoms with Crippen molar-refractivity contribution >= 4 is 29.0 Å². The van der Waals surface area contributed by atoms with Gasteiger partial charge in [0.15, 0.2) is 5.78 Å². The summed E-state index contributed by atoms with van der Waals surface area (Å²) >= 11 is 11.9. The van der Waals surface area contributed by atoms with Crippen LogP contribution in [0.15, 0.2) is 18.2 Å². The smallest absolute Gasteiger partial charge is 0.157 e. The zero-order valence-electron chi connectivity index (χ0n) is 11.2. The first-order valence-electron chi connectivity index (χ1n) is 6.44. The van der Waals surface area contributed by atoms with E-state index in [4.69, 9.17) is 27.9 Å². The van der Waals surface area contributed by atoms with E-state index in [1.165, 1.54) is 0 Å². The molecule has 0 bridgehead atoms. The summed E-state index contributed by atoms with van der Waals surface area (Å²) < 4.78 is 5.44. The molecule has 1 aromatic carbocycles. The number of nitrogens with zero attached hydrogens (tertiary/aromatic N) is 1. The molecule has 1 aliphatic carbocycles. The van der Waals surface area contributed by atoms with Gasteiger partial charge in [0.2, 0.25) is 0 Å². The van der Waals surface area contributed by atoms with Gasteiger partial charge in [0.05, 0.1) is 11.7 Å². The summed E-state index contributed by atoms with van der Waals surface area (Å²) in [5.74, 6) is -1.02. The summed E-state index contributed by atoms with van der Waals surface area (Å²) in [5, 5.41) is 10.1. The summed E-state index contributed by atoms with van der Waals surface area (Å²) in [5.41, 5.74) is 0.125. The molecule has 1 unspecified atom stereocenters. The minimum atomic E-state index is -0.868. The Kier molecular flexibility index (Phi) is 4.70. The Bertz CT molecular complexity index is 556. The SMILES string of the molecule is COC1(CC(=O)C(C#N)c2ccc(Cl)cc2Cl)CCC1. The number of carbonyl (C=O) groups excluding carboxylic acids is 1. The molecule has 3 nitrogen and oxygen atoms in total. The van der Waals surface area contributed by atoms with E-state index in [1.54, 1.807) is 25.3 Å². The van der Waals surface area contributed by atoms with Gasteiger partial charge in [-0.15, -0.1) is 0 Å². The maximum Gasteiger partial charge on any atom is 0.157 e. The van der Waals surface area contributed by atoms with Crippen molar-refractivity contribution in [2.75, 3.05) is 7.11 Å². The molecule has 0 saturated heterocycles. The number of nitriles is 1. The van der Waals surface area contributed by atoms with E-state index >= 15 is 0 Å². The van der Waals surface area contributed by atoms with Crippen LogP contribution in [0.2, 0.25) is 10.0 Å². The van der Waals surface area contributed by atoms with Gasteiger partial charge in [0, 0.05) is 23.6 Å². The third-order valence-corrected chi connectivity index (χ3v) is 4.48. The molecule has 106 valence electrons. The molecule has 1 aliphatic rings. The highest BCUT2D eigenvalue weighted by Crippen LogP contribution is 2.40. The minimum Gasteiger partial charge on any atom is -0.378 e. The number of halogens is 2. The van der Waals surface area contributed by atoms with Crippen molar-refractivity contribution in [1.82, 2.24) is 0 Å². The molecule has 0 spiro atoms. The highest BCUT2D eigenvalue weighted by atomic mass is 35.5. The fourth-order valence-corrected chi connectivity index (χ4v) is 3.01. The number of Topliss-reactive ketones (excluding diaryl/α,β-unsaturated/α-hetero) is 1. The van der Waals surface area contributed by atoms with E-state index in [0.717, 1.165) is 19.3 Å². The largest absolute Gasteiger partial charge is 0.378 e. The first kappa shape index (κ1) is 15.3. The zero-order valence-corrected chi connectivity index (χ0v) is 12.7. The molecule has 0 N–H and O–H groups in total. The normalized spacial score (nSPS) is 17.9. The highest BCUT2D eigenvalue weighted by molar-refractivity contribution is 6.35. The number of carbonyl (C=O) groups is 1. The van der Waals surface area contributed by atoms with Crippen LogP contribution >= 0.6 is 23.2 Å². The molecule has 1 atom stereocenters. The summed E-state index contributed by atoms with van der Waals surface area (Å²) in [6.45, 7) is 0. The lowest BCUT2D eigenvalue weighted by Crippen LogP contribution is -2.42. The lowest BCUT2D eigenvalue weighted by molar-refractivity contribution is -0.132. The molecule has 0 aliphatic heterocycles. The van der Waals surface area contributed by atoms with Gasteiger partial charge in [-0.05, 0) is 37.0 Å². The van der Waals surface area contributed by atoms with E-state index in [1.807, 2.05) is 6.07 Å². The minimum absolute atomic E-state index is 0.154. The molecule has 20 heavy (non-hydrogen) atoms. The van der Waals surface area contributed by atoms with E-state index < -0.39 is 5.92 Å². The molecule has 1 saturated carbocycles. The van der Waals surface area contributed by atoms with Gasteiger partial charge >= 0.3 is 0 Å². The molecule has 0 heterocycles. The van der Waals surface area contributed by atoms with Crippen molar-refractivity contribution in [3.63, 3.8) is 0 Å². The Morgan fingerprint density at radius 2 is 2.20 bits per heavy atom. The van der Waals surface area contributed by atoms with Gasteiger partial charge in [-0.2, -0.15) is 5.26 Å². The van der Waals surface area contributed by atoms with Crippen LogP contribution in [0.4, 0.5) is 0 Å². The molecule has 2 rings (SSSR count). The molecule has 0 aromatic heterocycles. The van der Waals surface area contributed by atoms with Crippen LogP contribution in [-0.2, 0) is 9.53 Å². The Morgan fingerprint density at radius 3 is 2.65 bits per heavy atom. The molecule has 1 fully saturated rings. The standard InChI is InChI=1S/C15H15Cl2NO2/c1-20-15(5-2-6-15)8-14(19)12(9-18)11-4-3-10(16)7-13(11)17/h3-4,7,12H,2,5-6,8H2,1H3. The molecular weight excluding hydrogens is 297 g/mol. The monoisotopic (exact) mass is 311 g/mol. The number of ether oxygens (including phenoxy) is 1. The number of hydrogen-bond acceptors (Lipinski definition) is 3. The average molecular weight is 312 g/mol. The molecule has 0 amide bonds. The second kappa shape index (κ2) is 6.13. The highest BCUT2D eigenvalue weighted by Gasteiger charge is 2.40. The molecular formula is C15H15Cl2NO2. The number of rotatable bonds is 5. The Morgan fingerprint density at radius 1 is 1.50 bits per heavy atom. The van der Waals surface area contributed by atoms with Crippen molar-refractivity contribution in [1.29, 1.82) is 5.26 Å². The topological polar surface area (TPSA) is 50.1 Å². The third kappa shape index (κ3) is 2.98. The Hall–Kier alpha value is -1.08. The maximum absolute atomic E-state index is 12.4. The van der Waals surface area contributed by atoms with E-state index in [-0.39, 0.29) is 17.8 Å². The van der Waals surface area contributed by atoms with E-state index in [2.05, 4.69) is 0 Å². The second-order valence-electron chi connectivity index (χ2n) is 5.11. The molecule has 5 heteroatoms. The number of hydrogen-bond donors (Lipinski definition) is 0. The first-order chi connectivity index (χ1) is 9.51. The summed E-state index contributed by atoms with van der Waals surface area (Å²) in [6, 6.07) is 6.86. The van der Waals surface area contributed by atoms with Crippen molar-refractivity contribution in [3.05, 3.63) is 33.8 Å². The van der Waals surface area contributed by atoms with Gasteiger partial charge in [0.25, 0.3) is 0 Å². The fourth-order valence-electron chi connectivity index (χ4n) is 2.49. The summed E-state index contributed by atoms with van der Waals surface area (Å²) in [6.07, 6.45) is 3.03. The third-order valence-electron chi connectivity index (χ3n) is 3.92. The lowest BCUT2D eigenvalue weighted by Gasteiger charge is -2.40. The Balaban J connectivity index is 2.20. The van der Waals surface area contributed by atoms with Crippen LogP contribution in [0, 0.1) is 11.3 Å². The van der Waals surface area contributed by atoms with E-state index in [0.29, 0.717) is 15.6 Å². The summed E-state index contributed by atoms with van der Waals surface area (Å²) in [7, 11) is 1.61.